The van der Waals surface area contributed by atoms with Crippen LogP contribution in [0.4, 0.5) is 0 Å². The van der Waals surface area contributed by atoms with Gasteiger partial charge in [0.05, 0.1) is 0 Å². The minimum absolute atomic E-state index is 1.19. The molecule has 19 heavy (non-hydrogen) atoms. The third-order valence-electron chi connectivity index (χ3n) is 3.66. The van der Waals surface area contributed by atoms with Gasteiger partial charge in [0.1, 0.15) is 0 Å². The van der Waals surface area contributed by atoms with E-state index in [0.29, 0.717) is 0 Å². The van der Waals surface area contributed by atoms with E-state index in [2.05, 4.69) is 71.7 Å². The molecule has 1 aromatic heterocycles. The van der Waals surface area contributed by atoms with Crippen molar-refractivity contribution in [2.75, 3.05) is 0 Å². The Morgan fingerprint density at radius 1 is 0.684 bits per heavy atom. The zero-order valence-corrected chi connectivity index (χ0v) is 10.4. The maximum absolute atomic E-state index is 3.28. The predicted molar refractivity (Wildman–Crippen MR) is 81.2 cm³/mol. The molecule has 4 rings (SSSR count). The lowest BCUT2D eigenvalue weighted by Crippen LogP contribution is -1.81. The second-order valence-corrected chi connectivity index (χ2v) is 4.81. The molecule has 0 amide bonds. The van der Waals surface area contributed by atoms with Crippen LogP contribution in [-0.4, -0.2) is 4.98 Å². The molecule has 1 heterocycles. The van der Waals surface area contributed by atoms with Gasteiger partial charge in [-0.15, -0.1) is 0 Å². The molecule has 1 N–H and O–H groups in total. The van der Waals surface area contributed by atoms with Crippen LogP contribution in [0.3, 0.4) is 0 Å². The van der Waals surface area contributed by atoms with Crippen molar-refractivity contribution in [2.24, 2.45) is 0 Å². The van der Waals surface area contributed by atoms with Crippen LogP contribution in [0.1, 0.15) is 0 Å². The van der Waals surface area contributed by atoms with Crippen molar-refractivity contribution in [3.8, 4) is 11.1 Å². The summed E-state index contributed by atoms with van der Waals surface area (Å²) in [6.45, 7) is 0. The Kier molecular flexibility index (Phi) is 2.18. The SMILES string of the molecule is c1ccc2c(-c3ccc4cc[nH]c4c3)cccc2c1. The molecule has 90 valence electrons. The van der Waals surface area contributed by atoms with Crippen LogP contribution in [0, 0.1) is 0 Å². The molecule has 0 saturated heterocycles. The maximum Gasteiger partial charge on any atom is 0.0460 e. The van der Waals surface area contributed by atoms with Gasteiger partial charge in [0.2, 0.25) is 0 Å². The summed E-state index contributed by atoms with van der Waals surface area (Å²) in [5.41, 5.74) is 3.73. The van der Waals surface area contributed by atoms with E-state index in [0.717, 1.165) is 0 Å². The molecule has 0 unspecified atom stereocenters. The first-order valence-electron chi connectivity index (χ1n) is 6.47. The highest BCUT2D eigenvalue weighted by atomic mass is 14.7. The van der Waals surface area contributed by atoms with E-state index in [-0.39, 0.29) is 0 Å². The Bertz CT molecular complexity index is 866. The van der Waals surface area contributed by atoms with Crippen molar-refractivity contribution in [1.82, 2.24) is 4.98 Å². The van der Waals surface area contributed by atoms with Crippen molar-refractivity contribution < 1.29 is 0 Å². The number of fused-ring (bicyclic) bond motifs is 2. The van der Waals surface area contributed by atoms with E-state index in [1.807, 2.05) is 6.20 Å². The molecule has 1 nitrogen and oxygen atoms in total. The average molecular weight is 243 g/mol. The minimum atomic E-state index is 1.19. The third kappa shape index (κ3) is 1.63. The number of nitrogens with one attached hydrogen (secondary N) is 1. The smallest absolute Gasteiger partial charge is 0.0460 e. The first-order valence-corrected chi connectivity index (χ1v) is 6.47. The third-order valence-corrected chi connectivity index (χ3v) is 3.66. The Balaban J connectivity index is 2.03. The van der Waals surface area contributed by atoms with Crippen LogP contribution in [0.2, 0.25) is 0 Å². The minimum Gasteiger partial charge on any atom is -0.361 e. The Labute approximate surface area is 111 Å². The summed E-state index contributed by atoms with van der Waals surface area (Å²) in [6.07, 6.45) is 1.98. The summed E-state index contributed by atoms with van der Waals surface area (Å²) in [5, 5.41) is 3.84. The summed E-state index contributed by atoms with van der Waals surface area (Å²) in [5.74, 6) is 0. The van der Waals surface area contributed by atoms with E-state index >= 15 is 0 Å². The summed E-state index contributed by atoms with van der Waals surface area (Å²) in [4.78, 5) is 3.28. The fourth-order valence-electron chi connectivity index (χ4n) is 2.69. The Hall–Kier alpha value is -2.54. The lowest BCUT2D eigenvalue weighted by Gasteiger charge is -2.07. The summed E-state index contributed by atoms with van der Waals surface area (Å²) < 4.78 is 0. The molecule has 0 fully saturated rings. The predicted octanol–water partition coefficient (Wildman–Crippen LogP) is 4.99. The van der Waals surface area contributed by atoms with Crippen LogP contribution < -0.4 is 0 Å². The van der Waals surface area contributed by atoms with Crippen molar-refractivity contribution >= 4 is 21.7 Å². The molecule has 0 atom stereocenters. The van der Waals surface area contributed by atoms with E-state index in [1.54, 1.807) is 0 Å². The summed E-state index contributed by atoms with van der Waals surface area (Å²) >= 11 is 0. The standard InChI is InChI=1S/C18H13N/c1-2-6-16-13(4-1)5-3-7-17(16)15-9-8-14-10-11-19-18(14)12-15/h1-12,19H. The van der Waals surface area contributed by atoms with Crippen LogP contribution in [-0.2, 0) is 0 Å². The maximum atomic E-state index is 3.28. The zero-order valence-electron chi connectivity index (χ0n) is 10.4. The Morgan fingerprint density at radius 2 is 1.58 bits per heavy atom. The second kappa shape index (κ2) is 3.99. The molecule has 1 heteroatoms. The lowest BCUT2D eigenvalue weighted by molar-refractivity contribution is 1.48. The van der Waals surface area contributed by atoms with Gasteiger partial charge in [-0.3, -0.25) is 0 Å². The van der Waals surface area contributed by atoms with Gasteiger partial charge in [0.25, 0.3) is 0 Å². The lowest BCUT2D eigenvalue weighted by atomic mass is 9.98. The fourth-order valence-corrected chi connectivity index (χ4v) is 2.69. The first kappa shape index (κ1) is 10.4. The van der Waals surface area contributed by atoms with Crippen LogP contribution >= 0.6 is 0 Å². The summed E-state index contributed by atoms with van der Waals surface area (Å²) in [7, 11) is 0. The number of benzene rings is 3. The normalized spacial score (nSPS) is 11.2. The summed E-state index contributed by atoms with van der Waals surface area (Å²) in [6, 6.07) is 23.7. The molecule has 3 aromatic carbocycles. The quantitative estimate of drug-likeness (QED) is 0.485. The number of aromatic amines is 1. The topological polar surface area (TPSA) is 15.8 Å². The van der Waals surface area contributed by atoms with Crippen molar-refractivity contribution in [3.05, 3.63) is 72.9 Å². The highest BCUT2D eigenvalue weighted by Crippen LogP contribution is 2.30. The molecular formula is C18H13N. The van der Waals surface area contributed by atoms with Crippen LogP contribution in [0.15, 0.2) is 72.9 Å². The van der Waals surface area contributed by atoms with Gasteiger partial charge < -0.3 is 4.98 Å². The van der Waals surface area contributed by atoms with E-state index in [1.165, 1.54) is 32.8 Å². The van der Waals surface area contributed by atoms with Gasteiger partial charge in [-0.1, -0.05) is 54.6 Å². The number of hydrogen-bond acceptors (Lipinski definition) is 0. The first-order chi connectivity index (χ1) is 9.42. The molecule has 0 aliphatic heterocycles. The number of rotatable bonds is 1. The van der Waals surface area contributed by atoms with Gasteiger partial charge in [-0.2, -0.15) is 0 Å². The number of H-pyrrole nitrogens is 1. The molecule has 0 bridgehead atoms. The van der Waals surface area contributed by atoms with Gasteiger partial charge in [-0.25, -0.2) is 0 Å². The molecule has 0 spiro atoms. The molecule has 0 aliphatic carbocycles. The van der Waals surface area contributed by atoms with E-state index in [4.69, 9.17) is 0 Å². The Morgan fingerprint density at radius 3 is 2.58 bits per heavy atom. The highest BCUT2D eigenvalue weighted by Gasteiger charge is 2.04. The van der Waals surface area contributed by atoms with Crippen molar-refractivity contribution in [1.29, 1.82) is 0 Å². The zero-order chi connectivity index (χ0) is 12.7. The second-order valence-electron chi connectivity index (χ2n) is 4.81. The molecular weight excluding hydrogens is 230 g/mol. The average Bonchev–Trinajstić information content (AvgIpc) is 2.94. The van der Waals surface area contributed by atoms with Gasteiger partial charge >= 0.3 is 0 Å². The van der Waals surface area contributed by atoms with Crippen molar-refractivity contribution in [2.45, 2.75) is 0 Å². The van der Waals surface area contributed by atoms with E-state index < -0.39 is 0 Å². The molecule has 4 aromatic rings. The van der Waals surface area contributed by atoms with Crippen LogP contribution in [0.5, 0.6) is 0 Å². The molecule has 0 saturated carbocycles. The van der Waals surface area contributed by atoms with Gasteiger partial charge in [0, 0.05) is 11.7 Å². The number of hydrogen-bond donors (Lipinski definition) is 1. The highest BCUT2D eigenvalue weighted by molar-refractivity contribution is 5.98. The monoisotopic (exact) mass is 243 g/mol. The largest absolute Gasteiger partial charge is 0.361 e. The van der Waals surface area contributed by atoms with Gasteiger partial charge in [-0.05, 0) is 39.4 Å². The molecule has 0 radical (unpaired) electrons. The van der Waals surface area contributed by atoms with Crippen molar-refractivity contribution in [3.63, 3.8) is 0 Å². The van der Waals surface area contributed by atoms with E-state index in [9.17, 15) is 0 Å². The van der Waals surface area contributed by atoms with Crippen LogP contribution in [0.25, 0.3) is 32.8 Å². The number of aromatic nitrogens is 1. The van der Waals surface area contributed by atoms with Gasteiger partial charge in [0.15, 0.2) is 0 Å². The fraction of sp³-hybridized carbons (Fsp3) is 0. The molecule has 0 aliphatic rings.